The van der Waals surface area contributed by atoms with Gasteiger partial charge in [0.2, 0.25) is 0 Å². The molecule has 0 radical (unpaired) electrons. The summed E-state index contributed by atoms with van der Waals surface area (Å²) in [5.41, 5.74) is 0.728. The zero-order chi connectivity index (χ0) is 16.1. The molecule has 1 heterocycles. The number of nitrogens with zero attached hydrogens (tertiary/aromatic N) is 1. The molecular formula is C14H21N2O+. The van der Waals surface area contributed by atoms with Crippen molar-refractivity contribution in [3.05, 3.63) is 30.0 Å². The predicted octanol–water partition coefficient (Wildman–Crippen LogP) is 2.51. The Balaban J connectivity index is 2.67. The molecule has 0 bridgehead atoms. The maximum Gasteiger partial charge on any atom is 0.125 e. The van der Waals surface area contributed by atoms with E-state index in [0.29, 0.717) is 17.4 Å². The number of phenols is 1. The van der Waals surface area contributed by atoms with Gasteiger partial charge >= 0.3 is 0 Å². The van der Waals surface area contributed by atoms with Gasteiger partial charge in [-0.25, -0.2) is 0 Å². The molecule has 3 heteroatoms. The number of hydrogen-bond donors (Lipinski definition) is 2. The first kappa shape index (κ1) is 7.77. The quantitative estimate of drug-likeness (QED) is 0.788. The molecule has 17 heavy (non-hydrogen) atoms. The molecule has 3 nitrogen and oxygen atoms in total. The van der Waals surface area contributed by atoms with Gasteiger partial charge in [0.25, 0.3) is 0 Å². The number of aromatic nitrogens is 1. The lowest BCUT2D eigenvalue weighted by Crippen LogP contribution is -2.40. The first-order valence-corrected chi connectivity index (χ1v) is 5.69. The zero-order valence-electron chi connectivity index (χ0n) is 14.4. The molecule has 0 fully saturated rings. The molecule has 1 aromatic carbocycles. The van der Waals surface area contributed by atoms with Gasteiger partial charge in [-0.2, -0.15) is 0 Å². The van der Waals surface area contributed by atoms with Crippen LogP contribution < -0.4 is 0 Å². The second-order valence-electron chi connectivity index (χ2n) is 4.64. The minimum Gasteiger partial charge on any atom is -0.507 e. The predicted molar refractivity (Wildman–Crippen MR) is 71.2 cm³/mol. The molecule has 92 valence electrons. The molecular weight excluding hydrogens is 212 g/mol. The van der Waals surface area contributed by atoms with E-state index >= 15 is 0 Å². The van der Waals surface area contributed by atoms with Crippen molar-refractivity contribution >= 4 is 10.9 Å². The lowest BCUT2D eigenvalue weighted by molar-refractivity contribution is -0.888. The first-order chi connectivity index (χ1) is 9.56. The number of nitrogens with one attached hydrogen (secondary N) is 1. The number of hydrogen-bond acceptors (Lipinski definition) is 1. The Morgan fingerprint density at radius 2 is 2.18 bits per heavy atom. The fraction of sp³-hybridized carbons (Fsp3) is 0.429. The summed E-state index contributed by atoms with van der Waals surface area (Å²) in [6, 6.07) is 4.86. The monoisotopic (exact) mass is 237 g/mol. The maximum absolute atomic E-state index is 10.0. The summed E-state index contributed by atoms with van der Waals surface area (Å²) in [4.78, 5) is 2.90. The molecule has 2 rings (SSSR count). The first-order valence-electron chi connectivity index (χ1n) is 7.69. The number of benzene rings is 1. The highest BCUT2D eigenvalue weighted by atomic mass is 16.3. The Morgan fingerprint density at radius 1 is 1.41 bits per heavy atom. The summed E-state index contributed by atoms with van der Waals surface area (Å²) >= 11 is 0. The largest absolute Gasteiger partial charge is 0.507 e. The standard InChI is InChI=1S/C14H20N2O/c1-4-16(2,3)9-8-11-10-15-12-6-5-7-13(17)14(11)12/h5-7,10,15H,4,8-9H2,1-3H3/p+1/i8D2,9D2. The van der Waals surface area contributed by atoms with Crippen LogP contribution in [-0.2, 0) is 6.37 Å². The van der Waals surface area contributed by atoms with Crippen LogP contribution in [0.25, 0.3) is 10.9 Å². The number of quaternary nitrogens is 1. The summed E-state index contributed by atoms with van der Waals surface area (Å²) in [6.07, 6.45) is -0.818. The SMILES string of the molecule is [2H]C([2H])(c1c[nH]c2cccc(O)c12)C([2H])([2H])[N+](C)(C)CC. The van der Waals surface area contributed by atoms with Crippen molar-refractivity contribution in [3.63, 3.8) is 0 Å². The molecule has 0 spiro atoms. The number of aromatic hydroxyl groups is 1. The molecule has 0 unspecified atom stereocenters. The number of aromatic amines is 1. The average molecular weight is 237 g/mol. The van der Waals surface area contributed by atoms with Crippen molar-refractivity contribution in [2.24, 2.45) is 0 Å². The Bertz CT molecular complexity index is 664. The number of rotatable bonds is 4. The minimum absolute atomic E-state index is 0.0507. The van der Waals surface area contributed by atoms with Gasteiger partial charge in [0.1, 0.15) is 5.75 Å². The van der Waals surface area contributed by atoms with E-state index in [9.17, 15) is 5.11 Å². The van der Waals surface area contributed by atoms with Crippen molar-refractivity contribution in [1.82, 2.24) is 4.98 Å². The smallest absolute Gasteiger partial charge is 0.125 e. The fourth-order valence-electron chi connectivity index (χ4n) is 1.55. The van der Waals surface area contributed by atoms with Crippen LogP contribution >= 0.6 is 0 Å². The van der Waals surface area contributed by atoms with Crippen LogP contribution in [0.1, 0.15) is 18.0 Å². The number of phenolic OH excluding ortho intramolecular Hbond substituents is 1. The fourth-order valence-corrected chi connectivity index (χ4v) is 1.55. The number of fused-ring (bicyclic) bond motifs is 1. The van der Waals surface area contributed by atoms with Gasteiger partial charge in [0, 0.05) is 26.2 Å². The van der Waals surface area contributed by atoms with E-state index in [2.05, 4.69) is 4.98 Å². The second-order valence-corrected chi connectivity index (χ2v) is 4.64. The maximum atomic E-state index is 10.0. The highest BCUT2D eigenvalue weighted by molar-refractivity contribution is 5.88. The molecule has 0 amide bonds. The number of H-pyrrole nitrogens is 1. The Morgan fingerprint density at radius 3 is 2.88 bits per heavy atom. The summed E-state index contributed by atoms with van der Waals surface area (Å²) in [5.74, 6) is -0.0507. The molecule has 0 aliphatic heterocycles. The van der Waals surface area contributed by atoms with Crippen LogP contribution in [0.2, 0.25) is 0 Å². The van der Waals surface area contributed by atoms with E-state index in [0.717, 1.165) is 0 Å². The van der Waals surface area contributed by atoms with E-state index in [1.807, 2.05) is 6.92 Å². The van der Waals surface area contributed by atoms with Crippen LogP contribution in [0, 0.1) is 0 Å². The van der Waals surface area contributed by atoms with E-state index in [4.69, 9.17) is 5.48 Å². The summed E-state index contributed by atoms with van der Waals surface area (Å²) < 4.78 is 33.3. The van der Waals surface area contributed by atoms with Gasteiger partial charge in [-0.3, -0.25) is 0 Å². The van der Waals surface area contributed by atoms with Crippen LogP contribution in [-0.4, -0.2) is 41.7 Å². The Labute approximate surface area is 108 Å². The van der Waals surface area contributed by atoms with Crippen LogP contribution in [0.15, 0.2) is 24.4 Å². The Kier molecular flexibility index (Phi) is 2.02. The highest BCUT2D eigenvalue weighted by Crippen LogP contribution is 2.28. The topological polar surface area (TPSA) is 36.0 Å². The van der Waals surface area contributed by atoms with Gasteiger partial charge in [0.05, 0.1) is 29.9 Å². The van der Waals surface area contributed by atoms with Crippen molar-refractivity contribution in [1.29, 1.82) is 0 Å². The molecule has 1 aromatic heterocycles. The molecule has 0 atom stereocenters. The lowest BCUT2D eigenvalue weighted by Gasteiger charge is -2.28. The summed E-state index contributed by atoms with van der Waals surface area (Å²) in [5, 5.41) is 10.4. The van der Waals surface area contributed by atoms with E-state index in [1.54, 1.807) is 26.2 Å². The van der Waals surface area contributed by atoms with E-state index in [-0.39, 0.29) is 15.8 Å². The third-order valence-electron chi connectivity index (χ3n) is 2.97. The van der Waals surface area contributed by atoms with Gasteiger partial charge in [-0.1, -0.05) is 6.07 Å². The van der Waals surface area contributed by atoms with Crippen LogP contribution in [0.5, 0.6) is 5.75 Å². The second kappa shape index (κ2) is 4.41. The third-order valence-corrected chi connectivity index (χ3v) is 2.97. The zero-order valence-corrected chi connectivity index (χ0v) is 10.4. The van der Waals surface area contributed by atoms with Crippen molar-refractivity contribution in [2.75, 3.05) is 27.1 Å². The number of aryl methyl sites for hydroxylation is 1. The molecule has 2 N–H and O–H groups in total. The normalized spacial score (nSPS) is 17.4. The van der Waals surface area contributed by atoms with Gasteiger partial charge in [-0.15, -0.1) is 0 Å². The molecule has 0 saturated heterocycles. The molecule has 0 saturated carbocycles. The van der Waals surface area contributed by atoms with Gasteiger partial charge in [-0.05, 0) is 24.6 Å². The number of likely N-dealkylation sites (N-methyl/N-ethyl adjacent to an activating group) is 1. The average Bonchev–Trinajstić information content (AvgIpc) is 2.84. The van der Waals surface area contributed by atoms with E-state index < -0.39 is 12.9 Å². The van der Waals surface area contributed by atoms with E-state index in [1.165, 1.54) is 12.3 Å². The Hall–Kier alpha value is -1.48. The molecule has 0 aliphatic rings. The van der Waals surface area contributed by atoms with Crippen molar-refractivity contribution < 1.29 is 15.1 Å². The minimum atomic E-state index is -2.26. The third kappa shape index (κ3) is 2.44. The van der Waals surface area contributed by atoms with Crippen LogP contribution in [0.3, 0.4) is 0 Å². The summed E-state index contributed by atoms with van der Waals surface area (Å²) in [7, 11) is 3.32. The highest BCUT2D eigenvalue weighted by Gasteiger charge is 2.14. The van der Waals surface area contributed by atoms with Crippen molar-refractivity contribution in [3.8, 4) is 5.75 Å². The van der Waals surface area contributed by atoms with Gasteiger partial charge < -0.3 is 14.6 Å². The lowest BCUT2D eigenvalue weighted by atomic mass is 10.1. The molecule has 0 aliphatic carbocycles. The molecule has 2 aromatic rings. The van der Waals surface area contributed by atoms with Gasteiger partial charge in [0.15, 0.2) is 0 Å². The van der Waals surface area contributed by atoms with Crippen molar-refractivity contribution in [2.45, 2.75) is 13.3 Å². The summed E-state index contributed by atoms with van der Waals surface area (Å²) in [6.45, 7) is 0.112. The van der Waals surface area contributed by atoms with Crippen LogP contribution in [0.4, 0.5) is 0 Å².